The molecule has 0 bridgehead atoms. The Morgan fingerprint density at radius 3 is 2.80 bits per heavy atom. The Hall–Kier alpha value is -1.05. The summed E-state index contributed by atoms with van der Waals surface area (Å²) in [5.74, 6) is 0. The molecule has 2 N–H and O–H groups in total. The van der Waals surface area contributed by atoms with Gasteiger partial charge in [0.1, 0.15) is 0 Å². The second-order valence-corrected chi connectivity index (χ2v) is 2.40. The third-order valence-electron chi connectivity index (χ3n) is 1.48. The van der Waals surface area contributed by atoms with E-state index in [1.165, 1.54) is 0 Å². The summed E-state index contributed by atoms with van der Waals surface area (Å²) in [6.07, 6.45) is 2.75. The molecule has 0 aliphatic heterocycles. The van der Waals surface area contributed by atoms with Crippen LogP contribution in [-0.2, 0) is 6.42 Å². The number of nitrogen functional groups attached to an aromatic ring is 1. The number of hydrogen-bond donors (Lipinski definition) is 1. The molecule has 0 aliphatic carbocycles. The summed E-state index contributed by atoms with van der Waals surface area (Å²) in [4.78, 5) is 4.17. The Morgan fingerprint density at radius 1 is 1.60 bits per heavy atom. The fourth-order valence-electron chi connectivity index (χ4n) is 0.916. The molecular weight excluding hydrogens is 124 g/mol. The van der Waals surface area contributed by atoms with Crippen molar-refractivity contribution >= 4 is 5.69 Å². The fraction of sp³-hybridized carbons (Fsp3) is 0.375. The van der Waals surface area contributed by atoms with Crippen molar-refractivity contribution in [1.29, 1.82) is 0 Å². The van der Waals surface area contributed by atoms with E-state index < -0.39 is 0 Å². The first-order valence-corrected chi connectivity index (χ1v) is 3.45. The molecule has 10 heavy (non-hydrogen) atoms. The number of hydrogen-bond acceptors (Lipinski definition) is 2. The number of aromatic nitrogens is 1. The SMILES string of the molecule is CCc1ncc(C)cc1N. The van der Waals surface area contributed by atoms with E-state index >= 15 is 0 Å². The lowest BCUT2D eigenvalue weighted by molar-refractivity contribution is 1.03. The number of nitrogens with zero attached hydrogens (tertiary/aromatic N) is 1. The van der Waals surface area contributed by atoms with Crippen LogP contribution >= 0.6 is 0 Å². The monoisotopic (exact) mass is 136 g/mol. The molecule has 54 valence electrons. The number of rotatable bonds is 1. The molecule has 0 saturated heterocycles. The zero-order chi connectivity index (χ0) is 7.56. The zero-order valence-corrected chi connectivity index (χ0v) is 6.39. The van der Waals surface area contributed by atoms with Gasteiger partial charge in [-0.1, -0.05) is 6.92 Å². The molecule has 0 radical (unpaired) electrons. The van der Waals surface area contributed by atoms with E-state index in [1.807, 2.05) is 26.1 Å². The minimum Gasteiger partial charge on any atom is -0.397 e. The molecule has 0 saturated carbocycles. The van der Waals surface area contributed by atoms with Crippen molar-refractivity contribution in [2.75, 3.05) is 5.73 Å². The molecule has 2 heteroatoms. The maximum atomic E-state index is 5.67. The third kappa shape index (κ3) is 1.26. The van der Waals surface area contributed by atoms with Crippen molar-refractivity contribution in [2.24, 2.45) is 0 Å². The summed E-state index contributed by atoms with van der Waals surface area (Å²) in [5, 5.41) is 0. The molecule has 0 amide bonds. The second kappa shape index (κ2) is 2.69. The Balaban J connectivity index is 3.07. The molecule has 0 fully saturated rings. The standard InChI is InChI=1S/C8H12N2/c1-3-8-7(9)4-6(2)5-10-8/h4-5H,3,9H2,1-2H3. The first-order chi connectivity index (χ1) is 4.74. The van der Waals surface area contributed by atoms with Gasteiger partial charge in [0, 0.05) is 6.20 Å². The Labute approximate surface area is 61.1 Å². The van der Waals surface area contributed by atoms with Gasteiger partial charge in [0.2, 0.25) is 0 Å². The van der Waals surface area contributed by atoms with Gasteiger partial charge in [-0.05, 0) is 25.0 Å². The predicted octanol–water partition coefficient (Wildman–Crippen LogP) is 1.53. The first kappa shape index (κ1) is 7.06. The van der Waals surface area contributed by atoms with E-state index in [1.54, 1.807) is 0 Å². The normalized spacial score (nSPS) is 9.80. The maximum Gasteiger partial charge on any atom is 0.0630 e. The molecule has 1 heterocycles. The van der Waals surface area contributed by atoms with Gasteiger partial charge < -0.3 is 5.73 Å². The largest absolute Gasteiger partial charge is 0.397 e. The van der Waals surface area contributed by atoms with E-state index in [-0.39, 0.29) is 0 Å². The van der Waals surface area contributed by atoms with Gasteiger partial charge in [0.25, 0.3) is 0 Å². The first-order valence-electron chi connectivity index (χ1n) is 3.45. The number of nitrogens with two attached hydrogens (primary N) is 1. The Morgan fingerprint density at radius 2 is 2.30 bits per heavy atom. The summed E-state index contributed by atoms with van der Waals surface area (Å²) < 4.78 is 0. The van der Waals surface area contributed by atoms with Gasteiger partial charge in [-0.3, -0.25) is 4.98 Å². The van der Waals surface area contributed by atoms with Crippen LogP contribution in [0.3, 0.4) is 0 Å². The number of pyridine rings is 1. The van der Waals surface area contributed by atoms with Crippen LogP contribution < -0.4 is 5.73 Å². The average Bonchev–Trinajstić information content (AvgIpc) is 1.88. The molecule has 0 spiro atoms. The van der Waals surface area contributed by atoms with Gasteiger partial charge in [0.15, 0.2) is 0 Å². The van der Waals surface area contributed by atoms with Crippen LogP contribution in [0.15, 0.2) is 12.3 Å². The van der Waals surface area contributed by atoms with E-state index in [0.717, 1.165) is 23.4 Å². The van der Waals surface area contributed by atoms with E-state index in [4.69, 9.17) is 5.73 Å². The molecule has 1 rings (SSSR count). The summed E-state index contributed by atoms with van der Waals surface area (Å²) in [7, 11) is 0. The highest BCUT2D eigenvalue weighted by Gasteiger charge is 1.95. The summed E-state index contributed by atoms with van der Waals surface area (Å²) >= 11 is 0. The predicted molar refractivity (Wildman–Crippen MR) is 42.8 cm³/mol. The topological polar surface area (TPSA) is 38.9 Å². The number of aryl methyl sites for hydroxylation is 2. The minimum absolute atomic E-state index is 0.808. The second-order valence-electron chi connectivity index (χ2n) is 2.40. The molecule has 0 atom stereocenters. The average molecular weight is 136 g/mol. The van der Waals surface area contributed by atoms with E-state index in [9.17, 15) is 0 Å². The Bertz CT molecular complexity index is 231. The van der Waals surface area contributed by atoms with Gasteiger partial charge in [-0.15, -0.1) is 0 Å². The van der Waals surface area contributed by atoms with Crippen LogP contribution in [0.25, 0.3) is 0 Å². The van der Waals surface area contributed by atoms with Crippen LogP contribution in [0.2, 0.25) is 0 Å². The molecular formula is C8H12N2. The molecule has 0 aromatic carbocycles. The van der Waals surface area contributed by atoms with E-state index in [2.05, 4.69) is 4.98 Å². The molecule has 0 unspecified atom stereocenters. The van der Waals surface area contributed by atoms with Crippen molar-refractivity contribution in [3.05, 3.63) is 23.5 Å². The van der Waals surface area contributed by atoms with Crippen LogP contribution in [-0.4, -0.2) is 4.98 Å². The maximum absolute atomic E-state index is 5.67. The van der Waals surface area contributed by atoms with Gasteiger partial charge in [-0.25, -0.2) is 0 Å². The van der Waals surface area contributed by atoms with Crippen molar-refractivity contribution < 1.29 is 0 Å². The lowest BCUT2D eigenvalue weighted by Crippen LogP contribution is -1.96. The molecule has 0 aliphatic rings. The lowest BCUT2D eigenvalue weighted by atomic mass is 10.2. The van der Waals surface area contributed by atoms with Gasteiger partial charge in [-0.2, -0.15) is 0 Å². The van der Waals surface area contributed by atoms with Crippen molar-refractivity contribution in [2.45, 2.75) is 20.3 Å². The van der Waals surface area contributed by atoms with Crippen LogP contribution in [0.5, 0.6) is 0 Å². The Kier molecular flexibility index (Phi) is 1.90. The highest BCUT2D eigenvalue weighted by Crippen LogP contribution is 2.09. The molecule has 1 aromatic rings. The highest BCUT2D eigenvalue weighted by atomic mass is 14.7. The highest BCUT2D eigenvalue weighted by molar-refractivity contribution is 5.44. The number of anilines is 1. The van der Waals surface area contributed by atoms with E-state index in [0.29, 0.717) is 0 Å². The lowest BCUT2D eigenvalue weighted by Gasteiger charge is -2.00. The van der Waals surface area contributed by atoms with Crippen LogP contribution in [0.1, 0.15) is 18.2 Å². The van der Waals surface area contributed by atoms with Crippen molar-refractivity contribution in [3.8, 4) is 0 Å². The fourth-order valence-corrected chi connectivity index (χ4v) is 0.916. The van der Waals surface area contributed by atoms with Crippen LogP contribution in [0.4, 0.5) is 5.69 Å². The van der Waals surface area contributed by atoms with Crippen LogP contribution in [0, 0.1) is 6.92 Å². The van der Waals surface area contributed by atoms with Gasteiger partial charge in [0.05, 0.1) is 11.4 Å². The van der Waals surface area contributed by atoms with Crippen molar-refractivity contribution in [3.63, 3.8) is 0 Å². The quantitative estimate of drug-likeness (QED) is 0.636. The molecule has 1 aromatic heterocycles. The minimum atomic E-state index is 0.808. The summed E-state index contributed by atoms with van der Waals surface area (Å²) in [6, 6.07) is 1.95. The zero-order valence-electron chi connectivity index (χ0n) is 6.39. The third-order valence-corrected chi connectivity index (χ3v) is 1.48. The molecule has 2 nitrogen and oxygen atoms in total. The summed E-state index contributed by atoms with van der Waals surface area (Å²) in [5.41, 5.74) is 8.59. The van der Waals surface area contributed by atoms with Gasteiger partial charge >= 0.3 is 0 Å². The smallest absolute Gasteiger partial charge is 0.0630 e. The summed E-state index contributed by atoms with van der Waals surface area (Å²) in [6.45, 7) is 4.04. The van der Waals surface area contributed by atoms with Crippen molar-refractivity contribution in [1.82, 2.24) is 4.98 Å².